The van der Waals surface area contributed by atoms with Gasteiger partial charge in [-0.25, -0.2) is 0 Å². The molecule has 1 amide bonds. The Morgan fingerprint density at radius 3 is 2.79 bits per heavy atom. The van der Waals surface area contributed by atoms with Crippen LogP contribution >= 0.6 is 0 Å². The second kappa shape index (κ2) is 7.18. The SMILES string of the molecule is COc1ccc2cc(C(=O)NC[C@H](C)N3CCCC3)c(C)nc2c1. The minimum absolute atomic E-state index is 0.0521. The summed E-state index contributed by atoms with van der Waals surface area (Å²) in [7, 11) is 1.64. The predicted octanol–water partition coefficient (Wildman–Crippen LogP) is 2.77. The van der Waals surface area contributed by atoms with Gasteiger partial charge in [0.15, 0.2) is 0 Å². The van der Waals surface area contributed by atoms with Crippen LogP contribution < -0.4 is 10.1 Å². The van der Waals surface area contributed by atoms with Gasteiger partial charge >= 0.3 is 0 Å². The van der Waals surface area contributed by atoms with E-state index >= 15 is 0 Å². The fourth-order valence-corrected chi connectivity index (χ4v) is 3.25. The number of rotatable bonds is 5. The third-order valence-electron chi connectivity index (χ3n) is 4.78. The molecule has 2 heterocycles. The molecule has 1 aromatic carbocycles. The second-order valence-corrected chi connectivity index (χ2v) is 6.48. The first-order valence-corrected chi connectivity index (χ1v) is 8.56. The predicted molar refractivity (Wildman–Crippen MR) is 95.6 cm³/mol. The number of pyridine rings is 1. The summed E-state index contributed by atoms with van der Waals surface area (Å²) >= 11 is 0. The van der Waals surface area contributed by atoms with Gasteiger partial charge in [-0.15, -0.1) is 0 Å². The van der Waals surface area contributed by atoms with Crippen molar-refractivity contribution in [3.63, 3.8) is 0 Å². The zero-order chi connectivity index (χ0) is 17.1. The van der Waals surface area contributed by atoms with E-state index in [1.165, 1.54) is 12.8 Å². The molecule has 1 aromatic heterocycles. The average molecular weight is 327 g/mol. The number of amides is 1. The first-order valence-electron chi connectivity index (χ1n) is 8.56. The number of carbonyl (C=O) groups excluding carboxylic acids is 1. The van der Waals surface area contributed by atoms with Crippen molar-refractivity contribution < 1.29 is 9.53 Å². The van der Waals surface area contributed by atoms with Crippen LogP contribution in [0.3, 0.4) is 0 Å². The molecule has 0 spiro atoms. The van der Waals surface area contributed by atoms with Crippen LogP contribution in [0.5, 0.6) is 5.75 Å². The van der Waals surface area contributed by atoms with Crippen molar-refractivity contribution >= 4 is 16.8 Å². The Morgan fingerprint density at radius 1 is 1.33 bits per heavy atom. The van der Waals surface area contributed by atoms with Gasteiger partial charge < -0.3 is 10.1 Å². The Hall–Kier alpha value is -2.14. The molecule has 24 heavy (non-hydrogen) atoms. The third-order valence-corrected chi connectivity index (χ3v) is 4.78. The molecule has 0 unspecified atom stereocenters. The van der Waals surface area contributed by atoms with Crippen molar-refractivity contribution in [3.8, 4) is 5.75 Å². The van der Waals surface area contributed by atoms with Gasteiger partial charge in [0.2, 0.25) is 0 Å². The Balaban J connectivity index is 1.73. The number of likely N-dealkylation sites (tertiary alicyclic amines) is 1. The summed E-state index contributed by atoms with van der Waals surface area (Å²) in [5.74, 6) is 0.717. The molecule has 0 radical (unpaired) electrons. The van der Waals surface area contributed by atoms with E-state index in [1.54, 1.807) is 7.11 Å². The van der Waals surface area contributed by atoms with E-state index in [-0.39, 0.29) is 5.91 Å². The number of aryl methyl sites for hydroxylation is 1. The maximum Gasteiger partial charge on any atom is 0.253 e. The number of nitrogens with zero attached hydrogens (tertiary/aromatic N) is 2. The van der Waals surface area contributed by atoms with Gasteiger partial charge in [0.1, 0.15) is 5.75 Å². The zero-order valence-corrected chi connectivity index (χ0v) is 14.6. The van der Waals surface area contributed by atoms with Gasteiger partial charge in [-0.1, -0.05) is 0 Å². The lowest BCUT2D eigenvalue weighted by Crippen LogP contribution is -2.40. The Bertz CT molecular complexity index is 739. The third kappa shape index (κ3) is 3.51. The topological polar surface area (TPSA) is 54.5 Å². The van der Waals surface area contributed by atoms with E-state index in [1.807, 2.05) is 31.2 Å². The van der Waals surface area contributed by atoms with Crippen LogP contribution in [0.25, 0.3) is 10.9 Å². The monoisotopic (exact) mass is 327 g/mol. The summed E-state index contributed by atoms with van der Waals surface area (Å²) < 4.78 is 5.23. The van der Waals surface area contributed by atoms with Gasteiger partial charge in [-0.05, 0) is 58.0 Å². The summed E-state index contributed by atoms with van der Waals surface area (Å²) in [5.41, 5.74) is 2.22. The molecule has 128 valence electrons. The molecule has 1 N–H and O–H groups in total. The van der Waals surface area contributed by atoms with Crippen molar-refractivity contribution in [1.29, 1.82) is 0 Å². The van der Waals surface area contributed by atoms with Crippen molar-refractivity contribution in [2.45, 2.75) is 32.7 Å². The van der Waals surface area contributed by atoms with Crippen LogP contribution in [0, 0.1) is 6.92 Å². The van der Waals surface area contributed by atoms with E-state index in [9.17, 15) is 4.79 Å². The Labute approximate surface area is 143 Å². The zero-order valence-electron chi connectivity index (χ0n) is 14.6. The Kier molecular flexibility index (Phi) is 5.00. The summed E-state index contributed by atoms with van der Waals surface area (Å²) in [5, 5.41) is 4.00. The summed E-state index contributed by atoms with van der Waals surface area (Å²) in [4.78, 5) is 19.5. The molecule has 3 rings (SSSR count). The van der Waals surface area contributed by atoms with Crippen LogP contribution in [0.1, 0.15) is 35.8 Å². The molecule has 1 aliphatic heterocycles. The minimum atomic E-state index is -0.0521. The Morgan fingerprint density at radius 2 is 2.08 bits per heavy atom. The number of hydrogen-bond acceptors (Lipinski definition) is 4. The highest BCUT2D eigenvalue weighted by Crippen LogP contribution is 2.21. The van der Waals surface area contributed by atoms with Gasteiger partial charge in [0, 0.05) is 24.0 Å². The molecule has 1 saturated heterocycles. The molecule has 0 bridgehead atoms. The lowest BCUT2D eigenvalue weighted by Gasteiger charge is -2.24. The molecule has 0 saturated carbocycles. The number of hydrogen-bond donors (Lipinski definition) is 1. The molecule has 0 aliphatic carbocycles. The number of benzene rings is 1. The highest BCUT2D eigenvalue weighted by atomic mass is 16.5. The van der Waals surface area contributed by atoms with E-state index in [0.717, 1.165) is 35.4 Å². The number of methoxy groups -OCH3 is 1. The molecule has 1 aliphatic rings. The number of fused-ring (bicyclic) bond motifs is 1. The fraction of sp³-hybridized carbons (Fsp3) is 0.474. The van der Waals surface area contributed by atoms with E-state index in [0.29, 0.717) is 18.2 Å². The van der Waals surface area contributed by atoms with Crippen molar-refractivity contribution in [2.24, 2.45) is 0 Å². The highest BCUT2D eigenvalue weighted by molar-refractivity contribution is 5.98. The number of ether oxygens (including phenoxy) is 1. The number of nitrogens with one attached hydrogen (secondary N) is 1. The van der Waals surface area contributed by atoms with Crippen molar-refractivity contribution in [1.82, 2.24) is 15.2 Å². The van der Waals surface area contributed by atoms with Crippen molar-refractivity contribution in [3.05, 3.63) is 35.5 Å². The van der Waals surface area contributed by atoms with Gasteiger partial charge in [0.05, 0.1) is 23.9 Å². The molecular weight excluding hydrogens is 302 g/mol. The molecule has 5 heteroatoms. The summed E-state index contributed by atoms with van der Waals surface area (Å²) in [6, 6.07) is 7.99. The average Bonchev–Trinajstić information content (AvgIpc) is 3.12. The van der Waals surface area contributed by atoms with Crippen LogP contribution in [-0.4, -0.2) is 48.6 Å². The van der Waals surface area contributed by atoms with Gasteiger partial charge in [-0.2, -0.15) is 0 Å². The largest absolute Gasteiger partial charge is 0.497 e. The highest BCUT2D eigenvalue weighted by Gasteiger charge is 2.19. The summed E-state index contributed by atoms with van der Waals surface area (Å²) in [6.45, 7) is 6.98. The van der Waals surface area contributed by atoms with Crippen LogP contribution in [-0.2, 0) is 0 Å². The minimum Gasteiger partial charge on any atom is -0.497 e. The molecule has 1 fully saturated rings. The van der Waals surface area contributed by atoms with E-state index in [2.05, 4.69) is 22.1 Å². The standard InChI is InChI=1S/C19H25N3O2/c1-13(22-8-4-5-9-22)12-20-19(23)17-10-15-6-7-16(24-3)11-18(15)21-14(17)2/h6-7,10-11,13H,4-5,8-9,12H2,1-3H3,(H,20,23)/t13-/m0/s1. The smallest absolute Gasteiger partial charge is 0.253 e. The van der Waals surface area contributed by atoms with E-state index in [4.69, 9.17) is 4.74 Å². The lowest BCUT2D eigenvalue weighted by molar-refractivity contribution is 0.0939. The maximum absolute atomic E-state index is 12.6. The first-order chi connectivity index (χ1) is 11.6. The fourth-order valence-electron chi connectivity index (χ4n) is 3.25. The lowest BCUT2D eigenvalue weighted by atomic mass is 10.1. The molecule has 2 aromatic rings. The number of aromatic nitrogens is 1. The van der Waals surface area contributed by atoms with Crippen molar-refractivity contribution in [2.75, 3.05) is 26.7 Å². The normalized spacial score (nSPS) is 16.3. The molecular formula is C19H25N3O2. The van der Waals surface area contributed by atoms with Gasteiger partial charge in [-0.3, -0.25) is 14.7 Å². The van der Waals surface area contributed by atoms with Crippen LogP contribution in [0.4, 0.5) is 0 Å². The maximum atomic E-state index is 12.6. The molecule has 1 atom stereocenters. The number of carbonyl (C=O) groups is 1. The first kappa shape index (κ1) is 16.7. The summed E-state index contributed by atoms with van der Waals surface area (Å²) in [6.07, 6.45) is 2.52. The molecule has 5 nitrogen and oxygen atoms in total. The van der Waals surface area contributed by atoms with Crippen LogP contribution in [0.2, 0.25) is 0 Å². The van der Waals surface area contributed by atoms with E-state index < -0.39 is 0 Å². The second-order valence-electron chi connectivity index (χ2n) is 6.48. The van der Waals surface area contributed by atoms with Crippen LogP contribution in [0.15, 0.2) is 24.3 Å². The quantitative estimate of drug-likeness (QED) is 0.917. The van der Waals surface area contributed by atoms with Gasteiger partial charge in [0.25, 0.3) is 5.91 Å².